The predicted molar refractivity (Wildman–Crippen MR) is 77.0 cm³/mol. The van der Waals surface area contributed by atoms with E-state index in [-0.39, 0.29) is 31.0 Å². The number of nitrogens with zero attached hydrogens (tertiary/aromatic N) is 2. The number of aromatic nitrogens is 2. The average molecular weight is 276 g/mol. The average Bonchev–Trinajstić information content (AvgIpc) is 2.73. The minimum Gasteiger partial charge on any atom is -0.394 e. The Morgan fingerprint density at radius 2 is 2.10 bits per heavy atom. The molecule has 20 heavy (non-hydrogen) atoms. The largest absolute Gasteiger partial charge is 0.394 e. The van der Waals surface area contributed by atoms with Gasteiger partial charge < -0.3 is 10.4 Å². The molecule has 0 bridgehead atoms. The van der Waals surface area contributed by atoms with Crippen LogP contribution in [0.4, 0.5) is 0 Å². The zero-order chi connectivity index (χ0) is 14.7. The normalized spacial score (nSPS) is 12.8. The van der Waals surface area contributed by atoms with E-state index in [9.17, 15) is 9.90 Å². The van der Waals surface area contributed by atoms with Crippen molar-refractivity contribution in [3.05, 3.63) is 30.6 Å². The zero-order valence-electron chi connectivity index (χ0n) is 12.2. The van der Waals surface area contributed by atoms with Crippen LogP contribution in [-0.4, -0.2) is 28.2 Å². The highest BCUT2D eigenvalue weighted by atomic mass is 16.3. The van der Waals surface area contributed by atoms with E-state index in [1.807, 2.05) is 60.6 Å². The maximum absolute atomic E-state index is 12.1. The van der Waals surface area contributed by atoms with Crippen molar-refractivity contribution in [2.45, 2.75) is 26.4 Å². The Morgan fingerprint density at radius 3 is 2.75 bits per heavy atom. The van der Waals surface area contributed by atoms with Gasteiger partial charge in [-0.2, -0.15) is 0 Å². The van der Waals surface area contributed by atoms with Crippen LogP contribution in [-0.2, 0) is 18.4 Å². The summed E-state index contributed by atoms with van der Waals surface area (Å²) in [7, 11) is 1.96. The first-order valence-corrected chi connectivity index (χ1v) is 6.86. The van der Waals surface area contributed by atoms with E-state index in [1.165, 1.54) is 0 Å². The Hall–Kier alpha value is -1.88. The Balaban J connectivity index is 2.14. The molecule has 1 aromatic heterocycles. The molecule has 1 unspecified atom stereocenters. The van der Waals surface area contributed by atoms with Gasteiger partial charge in [-0.25, -0.2) is 9.13 Å². The van der Waals surface area contributed by atoms with Gasteiger partial charge in [-0.05, 0) is 18.1 Å². The number of hydrogen-bond acceptors (Lipinski definition) is 2. The van der Waals surface area contributed by atoms with Gasteiger partial charge in [0.25, 0.3) is 5.91 Å². The Labute approximate surface area is 118 Å². The molecule has 0 aliphatic carbocycles. The molecule has 0 saturated heterocycles. The van der Waals surface area contributed by atoms with Crippen LogP contribution < -0.4 is 9.88 Å². The Bertz CT molecular complexity index is 604. The highest BCUT2D eigenvalue weighted by Crippen LogP contribution is 2.10. The summed E-state index contributed by atoms with van der Waals surface area (Å²) >= 11 is 0. The number of para-hydroxylation sites is 2. The SMILES string of the molecule is CC(C)C(CO)NC(=O)Cn1c[n+](C)c2ccccc21. The van der Waals surface area contributed by atoms with Crippen molar-refractivity contribution in [1.29, 1.82) is 0 Å². The van der Waals surface area contributed by atoms with Crippen LogP contribution in [0.25, 0.3) is 11.0 Å². The van der Waals surface area contributed by atoms with Gasteiger partial charge in [-0.15, -0.1) is 0 Å². The lowest BCUT2D eigenvalue weighted by molar-refractivity contribution is -0.645. The third-order valence-corrected chi connectivity index (χ3v) is 3.55. The number of carbonyl (C=O) groups is 1. The first kappa shape index (κ1) is 14.5. The molecule has 2 aromatic rings. The summed E-state index contributed by atoms with van der Waals surface area (Å²) in [4.78, 5) is 12.1. The summed E-state index contributed by atoms with van der Waals surface area (Å²) in [5.41, 5.74) is 2.11. The second-order valence-electron chi connectivity index (χ2n) is 5.44. The minimum atomic E-state index is -0.196. The number of carbonyl (C=O) groups excluding carboxylic acids is 1. The fourth-order valence-corrected chi connectivity index (χ4v) is 2.30. The molecular formula is C15H22N3O2+. The highest BCUT2D eigenvalue weighted by Gasteiger charge is 2.19. The van der Waals surface area contributed by atoms with Crippen molar-refractivity contribution in [3.8, 4) is 0 Å². The molecule has 1 atom stereocenters. The fraction of sp³-hybridized carbons (Fsp3) is 0.467. The second-order valence-corrected chi connectivity index (χ2v) is 5.44. The molecule has 2 rings (SSSR count). The van der Waals surface area contributed by atoms with Crippen molar-refractivity contribution in [3.63, 3.8) is 0 Å². The maximum Gasteiger partial charge on any atom is 0.262 e. The van der Waals surface area contributed by atoms with E-state index in [2.05, 4.69) is 5.32 Å². The van der Waals surface area contributed by atoms with Crippen LogP contribution in [0.3, 0.4) is 0 Å². The van der Waals surface area contributed by atoms with E-state index in [0.29, 0.717) is 0 Å². The van der Waals surface area contributed by atoms with E-state index in [4.69, 9.17) is 0 Å². The fourth-order valence-electron chi connectivity index (χ4n) is 2.30. The second kappa shape index (κ2) is 6.05. The van der Waals surface area contributed by atoms with Crippen LogP contribution in [0.15, 0.2) is 30.6 Å². The molecule has 108 valence electrons. The van der Waals surface area contributed by atoms with E-state index in [0.717, 1.165) is 11.0 Å². The lowest BCUT2D eigenvalue weighted by atomic mass is 10.1. The van der Waals surface area contributed by atoms with Crippen LogP contribution in [0.1, 0.15) is 13.8 Å². The summed E-state index contributed by atoms with van der Waals surface area (Å²) < 4.78 is 3.91. The Morgan fingerprint density at radius 1 is 1.40 bits per heavy atom. The van der Waals surface area contributed by atoms with E-state index in [1.54, 1.807) is 0 Å². The first-order chi connectivity index (χ1) is 9.52. The minimum absolute atomic E-state index is 0.0381. The van der Waals surface area contributed by atoms with Crippen molar-refractivity contribution >= 4 is 16.9 Å². The van der Waals surface area contributed by atoms with Crippen molar-refractivity contribution < 1.29 is 14.5 Å². The number of amides is 1. The van der Waals surface area contributed by atoms with Crippen molar-refractivity contribution in [2.24, 2.45) is 13.0 Å². The number of imidazole rings is 1. The molecule has 0 aliphatic rings. The van der Waals surface area contributed by atoms with Crippen LogP contribution in [0.5, 0.6) is 0 Å². The van der Waals surface area contributed by atoms with E-state index >= 15 is 0 Å². The zero-order valence-corrected chi connectivity index (χ0v) is 12.2. The van der Waals surface area contributed by atoms with Gasteiger partial charge >= 0.3 is 0 Å². The molecule has 0 radical (unpaired) electrons. The van der Waals surface area contributed by atoms with Gasteiger partial charge in [0.1, 0.15) is 0 Å². The topological polar surface area (TPSA) is 58.1 Å². The van der Waals surface area contributed by atoms with Gasteiger partial charge in [0.15, 0.2) is 17.6 Å². The quantitative estimate of drug-likeness (QED) is 0.786. The molecule has 0 fully saturated rings. The number of rotatable bonds is 5. The number of hydrogen-bond donors (Lipinski definition) is 2. The number of fused-ring (bicyclic) bond motifs is 1. The summed E-state index contributed by atoms with van der Waals surface area (Å²) in [6.45, 7) is 4.17. The molecule has 1 heterocycles. The van der Waals surface area contributed by atoms with Crippen LogP contribution in [0.2, 0.25) is 0 Å². The van der Waals surface area contributed by atoms with Crippen molar-refractivity contribution in [1.82, 2.24) is 9.88 Å². The molecule has 0 aliphatic heterocycles. The van der Waals surface area contributed by atoms with Gasteiger partial charge in [0, 0.05) is 0 Å². The predicted octanol–water partition coefficient (Wildman–Crippen LogP) is 0.599. The highest BCUT2D eigenvalue weighted by molar-refractivity contribution is 5.79. The molecule has 5 heteroatoms. The number of aliphatic hydroxyl groups is 1. The summed E-state index contributed by atoms with van der Waals surface area (Å²) in [6, 6.07) is 7.76. The standard InChI is InChI=1S/C15H21N3O2/c1-11(2)12(9-19)16-15(20)8-18-10-17(3)13-6-4-5-7-14(13)18/h4-7,10-12,19H,8-9H2,1-3H3/p+1. The number of nitrogens with one attached hydrogen (secondary N) is 1. The number of aliphatic hydroxyl groups excluding tert-OH is 1. The molecule has 2 N–H and O–H groups in total. The van der Waals surface area contributed by atoms with Crippen LogP contribution >= 0.6 is 0 Å². The molecule has 0 saturated carbocycles. The summed E-state index contributed by atoms with van der Waals surface area (Å²) in [5.74, 6) is 0.126. The van der Waals surface area contributed by atoms with Gasteiger partial charge in [0.05, 0.1) is 19.7 Å². The van der Waals surface area contributed by atoms with Gasteiger partial charge in [-0.1, -0.05) is 26.0 Å². The third-order valence-electron chi connectivity index (χ3n) is 3.55. The van der Waals surface area contributed by atoms with Gasteiger partial charge in [0.2, 0.25) is 6.33 Å². The van der Waals surface area contributed by atoms with Crippen LogP contribution in [0, 0.1) is 5.92 Å². The molecular weight excluding hydrogens is 254 g/mol. The first-order valence-electron chi connectivity index (χ1n) is 6.86. The van der Waals surface area contributed by atoms with Crippen molar-refractivity contribution in [2.75, 3.05) is 6.61 Å². The maximum atomic E-state index is 12.1. The molecule has 5 nitrogen and oxygen atoms in total. The smallest absolute Gasteiger partial charge is 0.262 e. The lowest BCUT2D eigenvalue weighted by Gasteiger charge is -2.19. The van der Waals surface area contributed by atoms with Gasteiger partial charge in [-0.3, -0.25) is 4.79 Å². The molecule has 0 spiro atoms. The third kappa shape index (κ3) is 2.99. The summed E-state index contributed by atoms with van der Waals surface area (Å²) in [6.07, 6.45) is 1.91. The molecule has 1 aromatic carbocycles. The lowest BCUT2D eigenvalue weighted by Crippen LogP contribution is -2.42. The number of benzene rings is 1. The van der Waals surface area contributed by atoms with E-state index < -0.39 is 0 Å². The monoisotopic (exact) mass is 276 g/mol. The Kier molecular flexibility index (Phi) is 4.39. The molecule has 1 amide bonds. The number of aryl methyl sites for hydroxylation is 1. The summed E-state index contributed by atoms with van der Waals surface area (Å²) in [5, 5.41) is 12.1.